The van der Waals surface area contributed by atoms with Crippen LogP contribution in [0.15, 0.2) is 66.9 Å². The van der Waals surface area contributed by atoms with Gasteiger partial charge in [-0.2, -0.15) is 0 Å². The lowest BCUT2D eigenvalue weighted by molar-refractivity contribution is -0.130. The number of imide groups is 1. The van der Waals surface area contributed by atoms with Crippen molar-refractivity contribution in [1.82, 2.24) is 10.3 Å². The summed E-state index contributed by atoms with van der Waals surface area (Å²) < 4.78 is 11.4. The van der Waals surface area contributed by atoms with E-state index >= 15 is 0 Å². The molecule has 4 aliphatic rings. The minimum Gasteiger partial charge on any atom is -0.486 e. The molecule has 3 aromatic carbocycles. The summed E-state index contributed by atoms with van der Waals surface area (Å²) >= 11 is 6.39. The number of para-hydroxylation sites is 1. The van der Waals surface area contributed by atoms with Crippen molar-refractivity contribution in [1.29, 1.82) is 0 Å². The van der Waals surface area contributed by atoms with E-state index in [1.54, 1.807) is 36.4 Å². The van der Waals surface area contributed by atoms with Gasteiger partial charge in [0.25, 0.3) is 0 Å². The second-order valence-corrected chi connectivity index (χ2v) is 11.0. The smallest absolute Gasteiger partial charge is 0.250 e. The van der Waals surface area contributed by atoms with E-state index in [4.69, 9.17) is 21.1 Å². The Morgan fingerprint density at radius 2 is 1.77 bits per heavy atom. The summed E-state index contributed by atoms with van der Waals surface area (Å²) in [5.74, 6) is -1.89. The number of anilines is 2. The van der Waals surface area contributed by atoms with E-state index in [-0.39, 0.29) is 11.8 Å². The third-order valence-corrected chi connectivity index (χ3v) is 8.81. The Balaban J connectivity index is 1.27. The molecule has 5 heterocycles. The van der Waals surface area contributed by atoms with Crippen LogP contribution in [-0.4, -0.2) is 42.0 Å². The average molecular weight is 555 g/mol. The van der Waals surface area contributed by atoms with E-state index in [0.717, 1.165) is 16.5 Å². The van der Waals surface area contributed by atoms with Gasteiger partial charge in [-0.25, -0.2) is 4.90 Å². The molecule has 0 radical (unpaired) electrons. The van der Waals surface area contributed by atoms with E-state index < -0.39 is 29.3 Å². The van der Waals surface area contributed by atoms with Crippen molar-refractivity contribution >= 4 is 51.6 Å². The number of carbonyl (C=O) groups excluding carboxylic acids is 3. The molecule has 10 heteroatoms. The first-order valence-electron chi connectivity index (χ1n) is 13.2. The number of benzene rings is 3. The topological polar surface area (TPSA) is 113 Å². The van der Waals surface area contributed by atoms with Gasteiger partial charge in [0.15, 0.2) is 11.5 Å². The second kappa shape index (κ2) is 8.33. The van der Waals surface area contributed by atoms with Gasteiger partial charge in [-0.3, -0.25) is 19.7 Å². The first-order valence-corrected chi connectivity index (χ1v) is 13.5. The van der Waals surface area contributed by atoms with Crippen molar-refractivity contribution in [3.05, 3.63) is 83.0 Å². The van der Waals surface area contributed by atoms with Crippen LogP contribution in [0.5, 0.6) is 11.5 Å². The van der Waals surface area contributed by atoms with Gasteiger partial charge in [-0.15, -0.1) is 0 Å². The van der Waals surface area contributed by atoms with Crippen LogP contribution in [0.2, 0.25) is 5.02 Å². The molecule has 9 nitrogen and oxygen atoms in total. The third-order valence-electron chi connectivity index (χ3n) is 8.58. The van der Waals surface area contributed by atoms with Crippen LogP contribution in [0.3, 0.4) is 0 Å². The monoisotopic (exact) mass is 554 g/mol. The second-order valence-electron chi connectivity index (χ2n) is 10.6. The van der Waals surface area contributed by atoms with Gasteiger partial charge in [-0.1, -0.05) is 29.8 Å². The number of nitrogens with one attached hydrogen (secondary N) is 3. The summed E-state index contributed by atoms with van der Waals surface area (Å²) in [7, 11) is 0. The normalized spacial score (nSPS) is 26.5. The zero-order valence-corrected chi connectivity index (χ0v) is 21.8. The molecule has 0 unspecified atom stereocenters. The Kier molecular flexibility index (Phi) is 4.90. The number of nitrogens with zero attached hydrogens (tertiary/aromatic N) is 1. The molecule has 200 valence electrons. The minimum atomic E-state index is -1.45. The Hall–Kier alpha value is -4.34. The molecule has 4 atom stereocenters. The molecule has 0 saturated carbocycles. The predicted octanol–water partition coefficient (Wildman–Crippen LogP) is 3.76. The summed E-state index contributed by atoms with van der Waals surface area (Å²) in [6.07, 6.45) is 2.36. The highest BCUT2D eigenvalue weighted by Crippen LogP contribution is 2.54. The molecule has 40 heavy (non-hydrogen) atoms. The van der Waals surface area contributed by atoms with Crippen molar-refractivity contribution in [2.45, 2.75) is 18.0 Å². The number of fused-ring (bicyclic) bond motifs is 6. The van der Waals surface area contributed by atoms with Gasteiger partial charge in [0.1, 0.15) is 18.8 Å². The maximum absolute atomic E-state index is 14.3. The average Bonchev–Trinajstić information content (AvgIpc) is 3.67. The van der Waals surface area contributed by atoms with Crippen LogP contribution in [0.25, 0.3) is 10.9 Å². The lowest BCUT2D eigenvalue weighted by Gasteiger charge is -2.30. The van der Waals surface area contributed by atoms with Gasteiger partial charge in [-0.05, 0) is 48.4 Å². The van der Waals surface area contributed by atoms with Crippen LogP contribution < -0.4 is 25.0 Å². The SMILES string of the molecule is O=C1[C@H]2[C@@H](C(=O)N1c1ccc3c(c1)OCCO3)[C@]1(N[C@@H]2Cc2c[nH]c3ccccc23)C(=O)Nc2ccc(Cl)cc21. The first-order chi connectivity index (χ1) is 19.5. The number of hydrogen-bond acceptors (Lipinski definition) is 6. The van der Waals surface area contributed by atoms with Gasteiger partial charge < -0.3 is 19.8 Å². The first kappa shape index (κ1) is 23.5. The number of aromatic nitrogens is 1. The maximum atomic E-state index is 14.3. The number of hydrogen-bond donors (Lipinski definition) is 3. The Labute approximate surface area is 233 Å². The number of H-pyrrole nitrogens is 1. The maximum Gasteiger partial charge on any atom is 0.250 e. The molecule has 2 fully saturated rings. The standard InChI is InChI=1S/C30H23ClN4O5/c31-16-5-7-21-19(12-16)30(29(38)33-21)26-25(22(34-30)11-15-14-32-20-4-2-1-3-18(15)20)27(36)35(28(26)37)17-6-8-23-24(13-17)40-10-9-39-23/h1-8,12-14,22,25-26,32,34H,9-11H2,(H,33,38)/t22-,25-,26+,30+/m1/s1. The zero-order valence-electron chi connectivity index (χ0n) is 21.1. The molecule has 4 aromatic rings. The van der Waals surface area contributed by atoms with E-state index in [9.17, 15) is 14.4 Å². The highest BCUT2D eigenvalue weighted by atomic mass is 35.5. The molecular formula is C30H23ClN4O5. The van der Waals surface area contributed by atoms with Gasteiger partial charge >= 0.3 is 0 Å². The number of ether oxygens (including phenoxy) is 2. The van der Waals surface area contributed by atoms with Gasteiger partial charge in [0.05, 0.1) is 17.5 Å². The fraction of sp³-hybridized carbons (Fsp3) is 0.233. The summed E-state index contributed by atoms with van der Waals surface area (Å²) in [6.45, 7) is 0.805. The molecule has 2 saturated heterocycles. The van der Waals surface area contributed by atoms with Crippen LogP contribution in [0, 0.1) is 11.8 Å². The van der Waals surface area contributed by atoms with E-state index in [0.29, 0.717) is 53.1 Å². The summed E-state index contributed by atoms with van der Waals surface area (Å²) in [5.41, 5.74) is 2.06. The highest BCUT2D eigenvalue weighted by Gasteiger charge is 2.70. The number of rotatable bonds is 3. The summed E-state index contributed by atoms with van der Waals surface area (Å²) in [6, 6.07) is 17.6. The van der Waals surface area contributed by atoms with Crippen molar-refractivity contribution in [2.75, 3.05) is 23.4 Å². The largest absolute Gasteiger partial charge is 0.486 e. The fourth-order valence-corrected chi connectivity index (χ4v) is 7.08. The van der Waals surface area contributed by atoms with Crippen LogP contribution in [0.1, 0.15) is 11.1 Å². The Morgan fingerprint density at radius 3 is 2.65 bits per heavy atom. The zero-order chi connectivity index (χ0) is 27.2. The predicted molar refractivity (Wildman–Crippen MR) is 148 cm³/mol. The highest BCUT2D eigenvalue weighted by molar-refractivity contribution is 6.31. The molecule has 4 aliphatic heterocycles. The van der Waals surface area contributed by atoms with Crippen molar-refractivity contribution in [3.8, 4) is 11.5 Å². The minimum absolute atomic E-state index is 0.357. The molecule has 1 aromatic heterocycles. The lowest BCUT2D eigenvalue weighted by Crippen LogP contribution is -2.53. The third kappa shape index (κ3) is 3.10. The van der Waals surface area contributed by atoms with Crippen LogP contribution in [-0.2, 0) is 26.3 Å². The van der Waals surface area contributed by atoms with Crippen molar-refractivity contribution in [2.24, 2.45) is 11.8 Å². The van der Waals surface area contributed by atoms with Gasteiger partial charge in [0.2, 0.25) is 17.7 Å². The van der Waals surface area contributed by atoms with Gasteiger partial charge in [0, 0.05) is 45.5 Å². The van der Waals surface area contributed by atoms with Crippen LogP contribution in [0.4, 0.5) is 11.4 Å². The fourth-order valence-electron chi connectivity index (χ4n) is 6.91. The quantitative estimate of drug-likeness (QED) is 0.332. The van der Waals surface area contributed by atoms with Crippen LogP contribution >= 0.6 is 11.6 Å². The molecule has 3 amide bonds. The number of amides is 3. The van der Waals surface area contributed by atoms with Crippen molar-refractivity contribution in [3.63, 3.8) is 0 Å². The number of halogens is 1. The molecule has 3 N–H and O–H groups in total. The molecule has 8 rings (SSSR count). The Bertz CT molecular complexity index is 1770. The van der Waals surface area contributed by atoms with E-state index in [1.165, 1.54) is 4.90 Å². The molecular weight excluding hydrogens is 532 g/mol. The molecule has 0 bridgehead atoms. The lowest BCUT2D eigenvalue weighted by atomic mass is 9.76. The molecule has 0 aliphatic carbocycles. The van der Waals surface area contributed by atoms with E-state index in [2.05, 4.69) is 15.6 Å². The summed E-state index contributed by atoms with van der Waals surface area (Å²) in [4.78, 5) is 46.8. The number of carbonyl (C=O) groups is 3. The van der Waals surface area contributed by atoms with Crippen molar-refractivity contribution < 1.29 is 23.9 Å². The molecule has 1 spiro atoms. The summed E-state index contributed by atoms with van der Waals surface area (Å²) in [5, 5.41) is 7.88. The number of aromatic amines is 1. The Morgan fingerprint density at radius 1 is 0.950 bits per heavy atom. The van der Waals surface area contributed by atoms with E-state index in [1.807, 2.05) is 30.5 Å².